The van der Waals surface area contributed by atoms with E-state index in [0.717, 1.165) is 35.5 Å². The highest BCUT2D eigenvalue weighted by molar-refractivity contribution is 7.80. The van der Waals surface area contributed by atoms with Crippen LogP contribution in [0.15, 0.2) is 60.7 Å². The molecule has 1 atom stereocenters. The van der Waals surface area contributed by atoms with Gasteiger partial charge in [0.25, 0.3) is 0 Å². The Morgan fingerprint density at radius 2 is 1.44 bits per heavy atom. The summed E-state index contributed by atoms with van der Waals surface area (Å²) in [6.07, 6.45) is 0.688. The van der Waals surface area contributed by atoms with Crippen molar-refractivity contribution in [2.45, 2.75) is 39.0 Å². The summed E-state index contributed by atoms with van der Waals surface area (Å²) in [6.45, 7) is 3.87. The van der Waals surface area contributed by atoms with Gasteiger partial charge in [0, 0.05) is 11.1 Å². The third-order valence-electron chi connectivity index (χ3n) is 3.97. The number of quaternary nitrogens is 1. The van der Waals surface area contributed by atoms with E-state index in [-0.39, 0.29) is 0 Å². The van der Waals surface area contributed by atoms with Crippen LogP contribution in [0.3, 0.4) is 0 Å². The molecule has 0 heterocycles. The molecule has 0 bridgehead atoms. The first-order valence-corrected chi connectivity index (χ1v) is 9.85. The maximum absolute atomic E-state index is 11.0. The summed E-state index contributed by atoms with van der Waals surface area (Å²) in [5.41, 5.74) is 2.32. The lowest BCUT2D eigenvalue weighted by Gasteiger charge is -2.25. The molecule has 0 aliphatic heterocycles. The van der Waals surface area contributed by atoms with Crippen LogP contribution in [-0.2, 0) is 27.7 Å². The van der Waals surface area contributed by atoms with Crippen molar-refractivity contribution in [3.63, 3.8) is 0 Å². The van der Waals surface area contributed by atoms with Crippen molar-refractivity contribution < 1.29 is 22.1 Å². The Labute approximate surface area is 150 Å². The van der Waals surface area contributed by atoms with Gasteiger partial charge < -0.3 is 9.45 Å². The predicted molar refractivity (Wildman–Crippen MR) is 95.6 cm³/mol. The van der Waals surface area contributed by atoms with Gasteiger partial charge in [-0.2, -0.15) is 0 Å². The largest absolute Gasteiger partial charge is 0.726 e. The van der Waals surface area contributed by atoms with Gasteiger partial charge in [-0.05, 0) is 6.42 Å². The molecule has 2 rings (SSSR count). The van der Waals surface area contributed by atoms with E-state index >= 15 is 0 Å². The minimum Gasteiger partial charge on any atom is -0.726 e. The molecule has 1 unspecified atom stereocenters. The summed E-state index contributed by atoms with van der Waals surface area (Å²) < 4.78 is 37.9. The third kappa shape index (κ3) is 7.79. The molecule has 6 heteroatoms. The lowest BCUT2D eigenvalue weighted by Crippen LogP contribution is -3.10. The Kier molecular flexibility index (Phi) is 7.58. The Morgan fingerprint density at radius 3 is 1.84 bits per heavy atom. The molecule has 0 saturated heterocycles. The first-order chi connectivity index (χ1) is 12.0. The van der Waals surface area contributed by atoms with E-state index in [9.17, 15) is 13.0 Å². The van der Waals surface area contributed by atoms with Gasteiger partial charge in [0.1, 0.15) is 25.7 Å². The fraction of sp³-hybridized carbons (Fsp3) is 0.368. The zero-order chi connectivity index (χ0) is 18.1. The zero-order valence-electron chi connectivity index (χ0n) is 14.4. The van der Waals surface area contributed by atoms with Gasteiger partial charge in [0.05, 0.1) is 0 Å². The van der Waals surface area contributed by atoms with Gasteiger partial charge in [-0.15, -0.1) is 0 Å². The smallest absolute Gasteiger partial charge is 0.218 e. The van der Waals surface area contributed by atoms with Crippen molar-refractivity contribution in [1.29, 1.82) is 0 Å². The fourth-order valence-electron chi connectivity index (χ4n) is 2.97. The van der Waals surface area contributed by atoms with Crippen LogP contribution < -0.4 is 4.90 Å². The lowest BCUT2D eigenvalue weighted by atomic mass is 10.1. The van der Waals surface area contributed by atoms with Crippen LogP contribution in [0, 0.1) is 0 Å². The van der Waals surface area contributed by atoms with Crippen LogP contribution in [0.1, 0.15) is 30.9 Å². The molecule has 0 fully saturated rings. The van der Waals surface area contributed by atoms with Gasteiger partial charge in [-0.1, -0.05) is 74.0 Å². The van der Waals surface area contributed by atoms with Gasteiger partial charge in [0.2, 0.25) is 10.4 Å². The van der Waals surface area contributed by atoms with Crippen molar-refractivity contribution in [2.75, 3.05) is 6.54 Å². The van der Waals surface area contributed by atoms with Gasteiger partial charge in [0.15, 0.2) is 0 Å². The van der Waals surface area contributed by atoms with E-state index in [1.807, 2.05) is 67.6 Å². The fourth-order valence-corrected chi connectivity index (χ4v) is 3.47. The molecule has 0 radical (unpaired) electrons. The van der Waals surface area contributed by atoms with E-state index < -0.39 is 16.5 Å². The minimum atomic E-state index is -4.70. The average molecular weight is 363 g/mol. The summed E-state index contributed by atoms with van der Waals surface area (Å²) in [7, 11) is -4.70. The maximum atomic E-state index is 11.0. The number of nitrogens with one attached hydrogen (secondary N) is 1. The van der Waals surface area contributed by atoms with Crippen LogP contribution in [0.4, 0.5) is 0 Å². The zero-order valence-corrected chi connectivity index (χ0v) is 15.2. The molecule has 0 aromatic heterocycles. The molecule has 136 valence electrons. The quantitative estimate of drug-likeness (QED) is 0.517. The van der Waals surface area contributed by atoms with E-state index in [0.29, 0.717) is 13.0 Å². The molecule has 2 aromatic rings. The Bertz CT molecular complexity index is 678. The normalized spacial score (nSPS) is 13.1. The van der Waals surface area contributed by atoms with Gasteiger partial charge >= 0.3 is 0 Å². The second-order valence-corrected chi connectivity index (χ2v) is 7.20. The van der Waals surface area contributed by atoms with E-state index in [4.69, 9.17) is 4.18 Å². The number of hydrogen-bond donors (Lipinski definition) is 1. The van der Waals surface area contributed by atoms with Crippen LogP contribution >= 0.6 is 0 Å². The van der Waals surface area contributed by atoms with Crippen molar-refractivity contribution in [3.05, 3.63) is 71.8 Å². The molecule has 0 amide bonds. The highest BCUT2D eigenvalue weighted by Crippen LogP contribution is 2.05. The number of rotatable bonds is 10. The Morgan fingerprint density at radius 1 is 0.960 bits per heavy atom. The standard InChI is InChI=1S/C19H25NO4S/c1-2-9-19(24-25(21,22)23)16-20(14-17-10-5-3-6-11-17)15-18-12-7-4-8-13-18/h3-8,10-13,19H,2,9,14-16H2,1H3,(H,21,22,23). The summed E-state index contributed by atoms with van der Waals surface area (Å²) in [4.78, 5) is 1.15. The summed E-state index contributed by atoms with van der Waals surface area (Å²) in [6, 6.07) is 20.1. The SMILES string of the molecule is CCCC(C[NH+](Cc1ccccc1)Cc1ccccc1)OS(=O)(=O)[O-]. The summed E-state index contributed by atoms with van der Waals surface area (Å²) in [5.74, 6) is 0. The summed E-state index contributed by atoms with van der Waals surface area (Å²) >= 11 is 0. The minimum absolute atomic E-state index is 0.457. The lowest BCUT2D eigenvalue weighted by molar-refractivity contribution is -0.930. The second-order valence-electron chi connectivity index (χ2n) is 6.19. The number of hydrogen-bond acceptors (Lipinski definition) is 4. The van der Waals surface area contributed by atoms with E-state index in [1.165, 1.54) is 0 Å². The summed E-state index contributed by atoms with van der Waals surface area (Å²) in [5, 5.41) is 0. The maximum Gasteiger partial charge on any atom is 0.218 e. The van der Waals surface area contributed by atoms with Crippen LogP contribution in [0.5, 0.6) is 0 Å². The average Bonchev–Trinajstić information content (AvgIpc) is 2.55. The van der Waals surface area contributed by atoms with Crippen molar-refractivity contribution in [1.82, 2.24) is 0 Å². The first-order valence-electron chi connectivity index (χ1n) is 8.52. The molecular weight excluding hydrogens is 338 g/mol. The highest BCUT2D eigenvalue weighted by Gasteiger charge is 2.20. The first kappa shape index (κ1) is 19.6. The number of benzene rings is 2. The molecule has 2 aromatic carbocycles. The third-order valence-corrected chi connectivity index (χ3v) is 4.48. The van der Waals surface area contributed by atoms with Crippen LogP contribution in [-0.4, -0.2) is 25.6 Å². The van der Waals surface area contributed by atoms with Crippen molar-refractivity contribution in [3.8, 4) is 0 Å². The van der Waals surface area contributed by atoms with E-state index in [2.05, 4.69) is 0 Å². The molecule has 25 heavy (non-hydrogen) atoms. The molecule has 0 saturated carbocycles. The van der Waals surface area contributed by atoms with Gasteiger partial charge in [-0.3, -0.25) is 4.18 Å². The Hall–Kier alpha value is -1.73. The second kappa shape index (κ2) is 9.68. The highest BCUT2D eigenvalue weighted by atomic mass is 32.3. The molecule has 0 spiro atoms. The van der Waals surface area contributed by atoms with Gasteiger partial charge in [-0.25, -0.2) is 8.42 Å². The van der Waals surface area contributed by atoms with Crippen LogP contribution in [0.25, 0.3) is 0 Å². The monoisotopic (exact) mass is 363 g/mol. The van der Waals surface area contributed by atoms with Crippen LogP contribution in [0.2, 0.25) is 0 Å². The van der Waals surface area contributed by atoms with Crippen molar-refractivity contribution >= 4 is 10.4 Å². The molecule has 1 N–H and O–H groups in total. The molecule has 0 aliphatic rings. The topological polar surface area (TPSA) is 70.9 Å². The molecule has 5 nitrogen and oxygen atoms in total. The predicted octanol–water partition coefficient (Wildman–Crippen LogP) is 1.92. The van der Waals surface area contributed by atoms with E-state index in [1.54, 1.807) is 0 Å². The molecule has 0 aliphatic carbocycles. The Balaban J connectivity index is 2.13. The molecular formula is C19H25NO4S. The van der Waals surface area contributed by atoms with Crippen molar-refractivity contribution in [2.24, 2.45) is 0 Å².